The fraction of sp³-hybridized carbons (Fsp3) is 0.409. The zero-order valence-electron chi connectivity index (χ0n) is 16.9. The second-order valence-electron chi connectivity index (χ2n) is 7.41. The number of amides is 1. The Balaban J connectivity index is 1.66. The van der Waals surface area contributed by atoms with Gasteiger partial charge in [0.25, 0.3) is 0 Å². The van der Waals surface area contributed by atoms with Crippen molar-refractivity contribution in [2.45, 2.75) is 50.1 Å². The number of ether oxygens (including phenoxy) is 1. The minimum Gasteiger partial charge on any atom is -0.497 e. The molecule has 0 spiro atoms. The third-order valence-corrected chi connectivity index (χ3v) is 7.24. The summed E-state index contributed by atoms with van der Waals surface area (Å²) in [5, 5.41) is 2.92. The number of aryl methyl sites for hydroxylation is 1. The third-order valence-electron chi connectivity index (χ3n) is 5.27. The maximum atomic E-state index is 13.1. The molecule has 29 heavy (non-hydrogen) atoms. The van der Waals surface area contributed by atoms with Crippen LogP contribution >= 0.6 is 0 Å². The van der Waals surface area contributed by atoms with Crippen LogP contribution in [0.4, 0.5) is 0 Å². The van der Waals surface area contributed by atoms with E-state index in [9.17, 15) is 13.2 Å². The van der Waals surface area contributed by atoms with Crippen molar-refractivity contribution in [1.82, 2.24) is 9.62 Å². The summed E-state index contributed by atoms with van der Waals surface area (Å²) in [6.45, 7) is 2.89. The van der Waals surface area contributed by atoms with E-state index >= 15 is 0 Å². The highest BCUT2D eigenvalue weighted by Crippen LogP contribution is 2.28. The molecule has 1 saturated heterocycles. The van der Waals surface area contributed by atoms with E-state index in [0.29, 0.717) is 25.3 Å². The molecule has 1 aliphatic heterocycles. The molecule has 0 bridgehead atoms. The van der Waals surface area contributed by atoms with Crippen molar-refractivity contribution in [3.05, 3.63) is 59.7 Å². The largest absolute Gasteiger partial charge is 0.497 e. The van der Waals surface area contributed by atoms with Crippen LogP contribution in [0.25, 0.3) is 0 Å². The smallest absolute Gasteiger partial charge is 0.243 e. The summed E-state index contributed by atoms with van der Waals surface area (Å²) < 4.78 is 32.9. The van der Waals surface area contributed by atoms with Crippen molar-refractivity contribution in [3.8, 4) is 5.75 Å². The van der Waals surface area contributed by atoms with E-state index in [4.69, 9.17) is 4.74 Å². The zero-order chi connectivity index (χ0) is 20.9. The number of rotatable bonds is 7. The van der Waals surface area contributed by atoms with E-state index in [0.717, 1.165) is 18.4 Å². The van der Waals surface area contributed by atoms with Crippen LogP contribution in [0.2, 0.25) is 0 Å². The molecule has 1 atom stereocenters. The van der Waals surface area contributed by atoms with E-state index in [2.05, 4.69) is 5.32 Å². The Morgan fingerprint density at radius 3 is 2.45 bits per heavy atom. The number of carbonyl (C=O) groups excluding carboxylic acids is 1. The first-order valence-corrected chi connectivity index (χ1v) is 11.3. The fourth-order valence-corrected chi connectivity index (χ4v) is 5.26. The SMILES string of the molecule is COc1ccc(S(=O)(=O)N2CCCC[C@H]2CC(=O)NCc2ccc(C)cc2)cc1. The summed E-state index contributed by atoms with van der Waals surface area (Å²) in [5.74, 6) is 0.474. The second kappa shape index (κ2) is 9.41. The number of nitrogens with zero attached hydrogens (tertiary/aromatic N) is 1. The Morgan fingerprint density at radius 1 is 1.10 bits per heavy atom. The summed E-state index contributed by atoms with van der Waals surface area (Å²) in [7, 11) is -2.11. The predicted molar refractivity (Wildman–Crippen MR) is 112 cm³/mol. The van der Waals surface area contributed by atoms with Crippen LogP contribution in [0.1, 0.15) is 36.8 Å². The van der Waals surface area contributed by atoms with Gasteiger partial charge in [0.05, 0.1) is 12.0 Å². The monoisotopic (exact) mass is 416 g/mol. The van der Waals surface area contributed by atoms with Crippen molar-refractivity contribution in [1.29, 1.82) is 0 Å². The summed E-state index contributed by atoms with van der Waals surface area (Å²) in [4.78, 5) is 12.7. The minimum atomic E-state index is -3.66. The van der Waals surface area contributed by atoms with E-state index in [-0.39, 0.29) is 23.3 Å². The lowest BCUT2D eigenvalue weighted by atomic mass is 10.0. The Bertz CT molecular complexity index is 924. The summed E-state index contributed by atoms with van der Waals surface area (Å²) in [6, 6.07) is 14.0. The van der Waals surface area contributed by atoms with E-state index in [1.165, 1.54) is 9.87 Å². The summed E-state index contributed by atoms with van der Waals surface area (Å²) >= 11 is 0. The molecule has 0 unspecified atom stereocenters. The van der Waals surface area contributed by atoms with E-state index in [1.807, 2.05) is 31.2 Å². The van der Waals surface area contributed by atoms with Gasteiger partial charge in [-0.1, -0.05) is 36.2 Å². The van der Waals surface area contributed by atoms with Crippen molar-refractivity contribution in [2.24, 2.45) is 0 Å². The van der Waals surface area contributed by atoms with Gasteiger partial charge in [-0.15, -0.1) is 0 Å². The molecule has 6 nitrogen and oxygen atoms in total. The van der Waals surface area contributed by atoms with Crippen LogP contribution < -0.4 is 10.1 Å². The number of methoxy groups -OCH3 is 1. The van der Waals surface area contributed by atoms with Crippen LogP contribution in [0.5, 0.6) is 5.75 Å². The van der Waals surface area contributed by atoms with Crippen LogP contribution in [0.3, 0.4) is 0 Å². The molecule has 0 saturated carbocycles. The number of sulfonamides is 1. The normalized spacial score (nSPS) is 17.7. The van der Waals surface area contributed by atoms with E-state index < -0.39 is 10.0 Å². The second-order valence-corrected chi connectivity index (χ2v) is 9.30. The number of piperidine rings is 1. The van der Waals surface area contributed by atoms with Gasteiger partial charge in [-0.05, 0) is 49.6 Å². The standard InChI is InChI=1S/C22H28N2O4S/c1-17-6-8-18(9-7-17)16-23-22(25)15-19-5-3-4-14-24(19)29(26,27)21-12-10-20(28-2)11-13-21/h6-13,19H,3-5,14-16H2,1-2H3,(H,23,25)/t19-/m0/s1. The fourth-order valence-electron chi connectivity index (χ4n) is 3.57. The van der Waals surface area contributed by atoms with Gasteiger partial charge in [-0.3, -0.25) is 4.79 Å². The maximum absolute atomic E-state index is 13.1. The molecule has 3 rings (SSSR count). The molecule has 7 heteroatoms. The molecular weight excluding hydrogens is 388 g/mol. The lowest BCUT2D eigenvalue weighted by Crippen LogP contribution is -2.45. The van der Waals surface area contributed by atoms with Crippen molar-refractivity contribution >= 4 is 15.9 Å². The number of hydrogen-bond acceptors (Lipinski definition) is 4. The van der Waals surface area contributed by atoms with Crippen LogP contribution in [-0.2, 0) is 21.4 Å². The average Bonchev–Trinajstić information content (AvgIpc) is 2.73. The van der Waals surface area contributed by atoms with Crippen molar-refractivity contribution in [2.75, 3.05) is 13.7 Å². The molecule has 1 N–H and O–H groups in total. The zero-order valence-corrected chi connectivity index (χ0v) is 17.7. The first-order valence-electron chi connectivity index (χ1n) is 9.88. The Labute approximate surface area is 172 Å². The third kappa shape index (κ3) is 5.36. The lowest BCUT2D eigenvalue weighted by Gasteiger charge is -2.34. The topological polar surface area (TPSA) is 75.7 Å². The van der Waals surface area contributed by atoms with Crippen LogP contribution in [-0.4, -0.2) is 38.3 Å². The molecule has 2 aromatic carbocycles. The molecule has 1 amide bonds. The highest BCUT2D eigenvalue weighted by atomic mass is 32.2. The molecule has 1 aliphatic rings. The highest BCUT2D eigenvalue weighted by Gasteiger charge is 2.34. The Hall–Kier alpha value is -2.38. The predicted octanol–water partition coefficient (Wildman–Crippen LogP) is 3.25. The van der Waals surface area contributed by atoms with Crippen LogP contribution in [0.15, 0.2) is 53.4 Å². The van der Waals surface area contributed by atoms with Crippen LogP contribution in [0, 0.1) is 6.92 Å². The number of benzene rings is 2. The van der Waals surface area contributed by atoms with Gasteiger partial charge in [0.15, 0.2) is 0 Å². The van der Waals surface area contributed by atoms with Gasteiger partial charge in [0, 0.05) is 25.6 Å². The maximum Gasteiger partial charge on any atom is 0.243 e. The van der Waals surface area contributed by atoms with Gasteiger partial charge < -0.3 is 10.1 Å². The number of hydrogen-bond donors (Lipinski definition) is 1. The number of carbonyl (C=O) groups is 1. The molecule has 2 aromatic rings. The minimum absolute atomic E-state index is 0.132. The molecule has 1 fully saturated rings. The summed E-state index contributed by atoms with van der Waals surface area (Å²) in [6.07, 6.45) is 2.58. The summed E-state index contributed by atoms with van der Waals surface area (Å²) in [5.41, 5.74) is 2.19. The molecule has 0 radical (unpaired) electrons. The van der Waals surface area contributed by atoms with Crippen molar-refractivity contribution in [3.63, 3.8) is 0 Å². The average molecular weight is 417 g/mol. The first-order chi connectivity index (χ1) is 13.9. The Morgan fingerprint density at radius 2 is 1.79 bits per heavy atom. The lowest BCUT2D eigenvalue weighted by molar-refractivity contribution is -0.122. The molecule has 0 aromatic heterocycles. The highest BCUT2D eigenvalue weighted by molar-refractivity contribution is 7.89. The van der Waals surface area contributed by atoms with Gasteiger partial charge in [0.1, 0.15) is 5.75 Å². The van der Waals surface area contributed by atoms with E-state index in [1.54, 1.807) is 31.4 Å². The van der Waals surface area contributed by atoms with Gasteiger partial charge in [-0.25, -0.2) is 8.42 Å². The first kappa shape index (κ1) is 21.3. The molecule has 1 heterocycles. The molecule has 0 aliphatic carbocycles. The van der Waals surface area contributed by atoms with Crippen molar-refractivity contribution < 1.29 is 17.9 Å². The Kier molecular flexibility index (Phi) is 6.92. The number of nitrogens with one attached hydrogen (secondary N) is 1. The van der Waals surface area contributed by atoms with Gasteiger partial charge in [0.2, 0.25) is 15.9 Å². The van der Waals surface area contributed by atoms with Gasteiger partial charge in [-0.2, -0.15) is 4.31 Å². The van der Waals surface area contributed by atoms with Gasteiger partial charge >= 0.3 is 0 Å². The molecule has 156 valence electrons. The quantitative estimate of drug-likeness (QED) is 0.752. The molecular formula is C22H28N2O4S.